The summed E-state index contributed by atoms with van der Waals surface area (Å²) in [7, 11) is -6.00. The van der Waals surface area contributed by atoms with Gasteiger partial charge in [-0.05, 0) is 42.5 Å². The van der Waals surface area contributed by atoms with E-state index in [-0.39, 0.29) is 0 Å². The average molecular weight is 438 g/mol. The minimum Gasteiger partial charge on any atom is -0.418 e. The van der Waals surface area contributed by atoms with E-state index in [4.69, 9.17) is 0 Å². The molecule has 0 aliphatic rings. The third-order valence-corrected chi connectivity index (χ3v) is 4.06. The van der Waals surface area contributed by atoms with Crippen LogP contribution in [0.3, 0.4) is 0 Å². The van der Waals surface area contributed by atoms with Gasteiger partial charge in [0.25, 0.3) is 22.6 Å². The van der Waals surface area contributed by atoms with Gasteiger partial charge in [-0.15, -0.1) is 0 Å². The van der Waals surface area contributed by atoms with Gasteiger partial charge in [-0.25, -0.2) is 0 Å². The number of hydrogen-bond donors (Lipinski definition) is 0. The Labute approximate surface area is 148 Å². The second kappa shape index (κ2) is 8.71. The fourth-order valence-electron chi connectivity index (χ4n) is 2.16. The van der Waals surface area contributed by atoms with Crippen molar-refractivity contribution in [1.29, 1.82) is 0 Å². The fourth-order valence-corrected chi connectivity index (χ4v) is 2.86. The van der Waals surface area contributed by atoms with Crippen molar-refractivity contribution in [2.24, 2.45) is 5.92 Å². The molecular weight excluding hydrogens is 418 g/mol. The van der Waals surface area contributed by atoms with Gasteiger partial charge in [-0.2, -0.15) is 0 Å². The fraction of sp³-hybridized carbons (Fsp3) is 0.294. The van der Waals surface area contributed by atoms with E-state index in [1.54, 1.807) is 0 Å². The summed E-state index contributed by atoms with van der Waals surface area (Å²) in [4.78, 5) is 0. The molecule has 0 unspecified atom stereocenters. The lowest BCUT2D eigenvalue weighted by atomic mass is 9.98. The van der Waals surface area contributed by atoms with Crippen molar-refractivity contribution in [1.82, 2.24) is 0 Å². The van der Waals surface area contributed by atoms with Crippen molar-refractivity contribution < 1.29 is 39.9 Å². The van der Waals surface area contributed by atoms with E-state index in [0.29, 0.717) is 0 Å². The van der Waals surface area contributed by atoms with Gasteiger partial charge in [0.15, 0.2) is 3.57 Å². The molecule has 0 radical (unpaired) electrons. The second-order valence-electron chi connectivity index (χ2n) is 5.79. The van der Waals surface area contributed by atoms with Crippen LogP contribution in [-0.2, 0) is 6.42 Å². The molecule has 0 nitrogen and oxygen atoms in total. The minimum atomic E-state index is -6.00. The van der Waals surface area contributed by atoms with Crippen LogP contribution >= 0.6 is 0 Å². The van der Waals surface area contributed by atoms with Gasteiger partial charge in [-0.3, -0.25) is 0 Å². The molecule has 0 saturated carbocycles. The zero-order chi connectivity index (χ0) is 17.6. The Morgan fingerprint density at radius 2 is 1.48 bits per heavy atom. The topological polar surface area (TPSA) is 0 Å². The van der Waals surface area contributed by atoms with Crippen LogP contribution in [0.4, 0.5) is 17.3 Å². The number of rotatable bonds is 3. The van der Waals surface area contributed by atoms with Crippen LogP contribution < -0.4 is 22.6 Å². The lowest BCUT2D eigenvalue weighted by Gasteiger charge is -2.07. The van der Waals surface area contributed by atoms with E-state index in [2.05, 4.69) is 85.8 Å². The van der Waals surface area contributed by atoms with Crippen LogP contribution in [0, 0.1) is 16.4 Å². The van der Waals surface area contributed by atoms with E-state index < -0.39 is 7.25 Å². The summed E-state index contributed by atoms with van der Waals surface area (Å²) in [5.74, 6) is 0.720. The quantitative estimate of drug-likeness (QED) is 0.393. The smallest absolute Gasteiger partial charge is 0.418 e. The highest BCUT2D eigenvalue weighted by molar-refractivity contribution is 6.50. The molecule has 0 aliphatic carbocycles. The molecule has 0 heterocycles. The molecule has 0 N–H and O–H groups in total. The molecule has 0 bridgehead atoms. The summed E-state index contributed by atoms with van der Waals surface area (Å²) >= 11 is 2.10. The van der Waals surface area contributed by atoms with Gasteiger partial charge in [0.05, 0.1) is 0 Å². The zero-order valence-electron chi connectivity index (χ0n) is 13.3. The van der Waals surface area contributed by atoms with Crippen LogP contribution in [0.15, 0.2) is 42.5 Å². The van der Waals surface area contributed by atoms with E-state index in [1.807, 2.05) is 0 Å². The van der Waals surface area contributed by atoms with Crippen LogP contribution in [0.5, 0.6) is 0 Å². The molecule has 2 rings (SSSR count). The van der Waals surface area contributed by atoms with Crippen molar-refractivity contribution in [2.45, 2.75) is 27.2 Å². The number of hydrogen-bond acceptors (Lipinski definition) is 0. The predicted molar refractivity (Wildman–Crippen MR) is 85.4 cm³/mol. The molecule has 23 heavy (non-hydrogen) atoms. The number of aryl methyl sites for hydroxylation is 1. The first-order valence-electron chi connectivity index (χ1n) is 7.30. The van der Waals surface area contributed by atoms with Crippen molar-refractivity contribution in [3.05, 3.63) is 57.2 Å². The summed E-state index contributed by atoms with van der Waals surface area (Å²) in [6, 6.07) is 15.7. The Morgan fingerprint density at radius 1 is 0.957 bits per heavy atom. The van der Waals surface area contributed by atoms with Gasteiger partial charge in [0.2, 0.25) is 0 Å². The summed E-state index contributed by atoms with van der Waals surface area (Å²) in [5.41, 5.74) is 5.44. The third-order valence-electron chi connectivity index (χ3n) is 3.04. The molecule has 2 aromatic rings. The minimum absolute atomic E-state index is 0.720. The van der Waals surface area contributed by atoms with Gasteiger partial charge < -0.3 is 17.3 Å². The molecular formula is C17H20BF4I. The molecule has 0 amide bonds. The molecule has 0 aliphatic heterocycles. The maximum atomic E-state index is 9.75. The third kappa shape index (κ3) is 8.39. The standard InChI is InChI=1S/C17H20I.BF4/c1-12(2)10-14-5-7-15(8-6-14)16-11-13(3)4-9-17(16)18;2-1(3,4)5/h4-9,11-12,18H,10H2,1-3H3;/q+1;-1. The average Bonchev–Trinajstić information content (AvgIpc) is 2.40. The van der Waals surface area contributed by atoms with E-state index in [9.17, 15) is 17.3 Å². The number of halogens is 5. The van der Waals surface area contributed by atoms with Crippen LogP contribution in [0.25, 0.3) is 11.1 Å². The zero-order valence-corrected chi connectivity index (χ0v) is 15.7. The van der Waals surface area contributed by atoms with Crippen molar-refractivity contribution >= 4 is 7.25 Å². The summed E-state index contributed by atoms with van der Waals surface area (Å²) in [5, 5.41) is 0. The SMILES string of the molecule is Cc1ccc([IH+])c(-c2ccc(CC(C)C)cc2)c1.F[B-](F)(F)F. The maximum absolute atomic E-state index is 9.75. The van der Waals surface area contributed by atoms with Crippen LogP contribution in [0.1, 0.15) is 25.0 Å². The first kappa shape index (κ1) is 20.0. The molecule has 0 aromatic heterocycles. The Bertz CT molecular complexity index is 615. The molecule has 0 fully saturated rings. The van der Waals surface area contributed by atoms with Crippen molar-refractivity contribution in [3.8, 4) is 11.1 Å². The van der Waals surface area contributed by atoms with Gasteiger partial charge in [0, 0.05) is 5.56 Å². The highest BCUT2D eigenvalue weighted by Crippen LogP contribution is 2.21. The molecule has 0 saturated heterocycles. The molecule has 6 heteroatoms. The molecule has 2 aromatic carbocycles. The largest absolute Gasteiger partial charge is 0.673 e. The van der Waals surface area contributed by atoms with Crippen LogP contribution in [-0.4, -0.2) is 7.25 Å². The maximum Gasteiger partial charge on any atom is 0.673 e. The highest BCUT2D eigenvalue weighted by atomic mass is 127. The van der Waals surface area contributed by atoms with Crippen molar-refractivity contribution in [2.75, 3.05) is 0 Å². The van der Waals surface area contributed by atoms with Crippen LogP contribution in [0.2, 0.25) is 0 Å². The summed E-state index contributed by atoms with van der Waals surface area (Å²) < 4.78 is 40.4. The molecule has 0 atom stereocenters. The normalized spacial score (nSPS) is 11.2. The lowest BCUT2D eigenvalue weighted by molar-refractivity contribution is -0.326. The Morgan fingerprint density at radius 3 is 1.96 bits per heavy atom. The van der Waals surface area contributed by atoms with E-state index in [1.165, 1.54) is 25.8 Å². The molecule has 126 valence electrons. The first-order valence-corrected chi connectivity index (χ1v) is 8.47. The Hall–Kier alpha value is -1.05. The summed E-state index contributed by atoms with van der Waals surface area (Å²) in [6.07, 6.45) is 1.16. The number of benzene rings is 2. The first-order chi connectivity index (χ1) is 10.6. The van der Waals surface area contributed by atoms with E-state index >= 15 is 0 Å². The predicted octanol–water partition coefficient (Wildman–Crippen LogP) is 2.62. The molecule has 0 spiro atoms. The summed E-state index contributed by atoms with van der Waals surface area (Å²) in [6.45, 7) is 6.68. The second-order valence-corrected chi connectivity index (χ2v) is 7.04. The van der Waals surface area contributed by atoms with Gasteiger partial charge >= 0.3 is 7.25 Å². The Balaban J connectivity index is 0.000000463. The van der Waals surface area contributed by atoms with Crippen molar-refractivity contribution in [3.63, 3.8) is 0 Å². The lowest BCUT2D eigenvalue weighted by Crippen LogP contribution is -3.34. The van der Waals surface area contributed by atoms with E-state index in [0.717, 1.165) is 12.3 Å². The van der Waals surface area contributed by atoms with Gasteiger partial charge in [-0.1, -0.05) is 49.7 Å². The Kier molecular flexibility index (Phi) is 7.57. The van der Waals surface area contributed by atoms with Gasteiger partial charge in [0.1, 0.15) is 0 Å². The monoisotopic (exact) mass is 438 g/mol. The highest BCUT2D eigenvalue weighted by Gasteiger charge is 2.20.